The van der Waals surface area contributed by atoms with Crippen molar-refractivity contribution < 1.29 is 0 Å². The van der Waals surface area contributed by atoms with Crippen molar-refractivity contribution >= 4 is 0 Å². The van der Waals surface area contributed by atoms with Crippen LogP contribution in [0.4, 0.5) is 0 Å². The Balaban J connectivity index is 2.01. The van der Waals surface area contributed by atoms with Gasteiger partial charge in [-0.25, -0.2) is 0 Å². The molecule has 0 amide bonds. The molecule has 1 aliphatic carbocycles. The van der Waals surface area contributed by atoms with Gasteiger partial charge < -0.3 is 5.73 Å². The SMILES string of the molecule is C#CCCCC(N)C1(c2ccccc2)CC1. The van der Waals surface area contributed by atoms with Crippen molar-refractivity contribution in [1.82, 2.24) is 0 Å². The molecule has 1 fully saturated rings. The Morgan fingerprint density at radius 1 is 1.31 bits per heavy atom. The predicted octanol–water partition coefficient (Wildman–Crippen LogP) is 2.85. The molecule has 1 unspecified atom stereocenters. The normalized spacial score (nSPS) is 18.8. The van der Waals surface area contributed by atoms with Crippen LogP contribution in [-0.2, 0) is 5.41 Å². The van der Waals surface area contributed by atoms with Gasteiger partial charge in [-0.3, -0.25) is 0 Å². The summed E-state index contributed by atoms with van der Waals surface area (Å²) in [6, 6.07) is 10.9. The third kappa shape index (κ3) is 2.13. The van der Waals surface area contributed by atoms with Gasteiger partial charge in [-0.2, -0.15) is 0 Å². The maximum Gasteiger partial charge on any atom is 0.0137 e. The van der Waals surface area contributed by atoms with E-state index in [0.29, 0.717) is 0 Å². The van der Waals surface area contributed by atoms with Crippen molar-refractivity contribution in [2.24, 2.45) is 5.73 Å². The highest BCUT2D eigenvalue weighted by Crippen LogP contribution is 2.51. The van der Waals surface area contributed by atoms with Crippen LogP contribution in [0.1, 0.15) is 37.7 Å². The number of rotatable bonds is 5. The standard InChI is InChI=1S/C15H19N/c1-2-3-5-10-14(16)15(11-12-15)13-8-6-4-7-9-13/h1,4,6-9,14H,3,5,10-12,16H2. The van der Waals surface area contributed by atoms with Gasteiger partial charge in [-0.05, 0) is 31.2 Å². The number of hydrogen-bond donors (Lipinski definition) is 1. The first-order valence-electron chi connectivity index (χ1n) is 6.04. The van der Waals surface area contributed by atoms with E-state index in [9.17, 15) is 0 Å². The molecule has 1 aromatic carbocycles. The molecular formula is C15H19N. The van der Waals surface area contributed by atoms with E-state index < -0.39 is 0 Å². The molecule has 0 radical (unpaired) electrons. The van der Waals surface area contributed by atoms with Crippen molar-refractivity contribution in [2.45, 2.75) is 43.6 Å². The van der Waals surface area contributed by atoms with Gasteiger partial charge in [0.15, 0.2) is 0 Å². The Labute approximate surface area is 98.0 Å². The van der Waals surface area contributed by atoms with E-state index in [1.165, 1.54) is 18.4 Å². The number of unbranched alkanes of at least 4 members (excludes halogenated alkanes) is 1. The molecule has 0 aliphatic heterocycles. The molecule has 0 spiro atoms. The molecule has 0 saturated heterocycles. The summed E-state index contributed by atoms with van der Waals surface area (Å²) in [6.45, 7) is 0. The fourth-order valence-corrected chi connectivity index (χ4v) is 2.48. The van der Waals surface area contributed by atoms with E-state index in [1.54, 1.807) is 0 Å². The average Bonchev–Trinajstić information content (AvgIpc) is 3.12. The van der Waals surface area contributed by atoms with E-state index in [4.69, 9.17) is 12.2 Å². The summed E-state index contributed by atoms with van der Waals surface area (Å²) in [5.41, 5.74) is 7.98. The first kappa shape index (κ1) is 11.2. The minimum Gasteiger partial charge on any atom is -0.327 e. The second-order valence-corrected chi connectivity index (χ2v) is 4.73. The van der Waals surface area contributed by atoms with Crippen LogP contribution in [0.15, 0.2) is 30.3 Å². The van der Waals surface area contributed by atoms with Gasteiger partial charge in [0.05, 0.1) is 0 Å². The lowest BCUT2D eigenvalue weighted by Gasteiger charge is -2.23. The second-order valence-electron chi connectivity index (χ2n) is 4.73. The molecule has 84 valence electrons. The Morgan fingerprint density at radius 2 is 2.00 bits per heavy atom. The third-order valence-electron chi connectivity index (χ3n) is 3.68. The summed E-state index contributed by atoms with van der Waals surface area (Å²) in [7, 11) is 0. The second kappa shape index (κ2) is 4.72. The average molecular weight is 213 g/mol. The van der Waals surface area contributed by atoms with E-state index in [-0.39, 0.29) is 11.5 Å². The number of terminal acetylenes is 1. The van der Waals surface area contributed by atoms with Crippen LogP contribution >= 0.6 is 0 Å². The monoisotopic (exact) mass is 213 g/mol. The van der Waals surface area contributed by atoms with E-state index in [2.05, 4.69) is 36.3 Å². The van der Waals surface area contributed by atoms with E-state index >= 15 is 0 Å². The highest BCUT2D eigenvalue weighted by molar-refractivity contribution is 5.33. The van der Waals surface area contributed by atoms with Crippen LogP contribution in [-0.4, -0.2) is 6.04 Å². The lowest BCUT2D eigenvalue weighted by molar-refractivity contribution is 0.474. The van der Waals surface area contributed by atoms with Gasteiger partial charge in [0.25, 0.3) is 0 Å². The molecular weight excluding hydrogens is 194 g/mol. The van der Waals surface area contributed by atoms with Crippen molar-refractivity contribution in [1.29, 1.82) is 0 Å². The van der Waals surface area contributed by atoms with Gasteiger partial charge in [0, 0.05) is 17.9 Å². The zero-order valence-corrected chi connectivity index (χ0v) is 9.65. The molecule has 2 rings (SSSR count). The highest BCUT2D eigenvalue weighted by atomic mass is 14.7. The summed E-state index contributed by atoms with van der Waals surface area (Å²) in [6.07, 6.45) is 10.7. The van der Waals surface area contributed by atoms with Crippen LogP contribution < -0.4 is 5.73 Å². The molecule has 1 saturated carbocycles. The van der Waals surface area contributed by atoms with Crippen LogP contribution in [0.25, 0.3) is 0 Å². The summed E-state index contributed by atoms with van der Waals surface area (Å²) in [5, 5.41) is 0. The largest absolute Gasteiger partial charge is 0.327 e. The molecule has 0 aromatic heterocycles. The third-order valence-corrected chi connectivity index (χ3v) is 3.68. The lowest BCUT2D eigenvalue weighted by atomic mass is 9.86. The van der Waals surface area contributed by atoms with Crippen LogP contribution in [0, 0.1) is 12.3 Å². The molecule has 0 bridgehead atoms. The van der Waals surface area contributed by atoms with Gasteiger partial charge in [0.1, 0.15) is 0 Å². The molecule has 2 N–H and O–H groups in total. The summed E-state index contributed by atoms with van der Waals surface area (Å²) >= 11 is 0. The predicted molar refractivity (Wildman–Crippen MR) is 68.0 cm³/mol. The first-order valence-corrected chi connectivity index (χ1v) is 6.04. The summed E-state index contributed by atoms with van der Waals surface area (Å²) in [4.78, 5) is 0. The topological polar surface area (TPSA) is 26.0 Å². The molecule has 1 atom stereocenters. The molecule has 1 heteroatoms. The molecule has 16 heavy (non-hydrogen) atoms. The zero-order valence-electron chi connectivity index (χ0n) is 9.65. The van der Waals surface area contributed by atoms with Crippen LogP contribution in [0.3, 0.4) is 0 Å². The lowest BCUT2D eigenvalue weighted by Crippen LogP contribution is -2.34. The Hall–Kier alpha value is -1.26. The summed E-state index contributed by atoms with van der Waals surface area (Å²) in [5.74, 6) is 2.68. The van der Waals surface area contributed by atoms with Gasteiger partial charge in [-0.1, -0.05) is 30.3 Å². The fraction of sp³-hybridized carbons (Fsp3) is 0.467. The minimum absolute atomic E-state index is 0.260. The minimum atomic E-state index is 0.260. The maximum atomic E-state index is 6.32. The van der Waals surface area contributed by atoms with Gasteiger partial charge in [0.2, 0.25) is 0 Å². The quantitative estimate of drug-likeness (QED) is 0.590. The zero-order chi connectivity index (χ0) is 11.4. The van der Waals surface area contributed by atoms with Gasteiger partial charge in [-0.15, -0.1) is 12.3 Å². The Kier molecular flexibility index (Phi) is 3.31. The van der Waals surface area contributed by atoms with Crippen molar-refractivity contribution in [3.05, 3.63) is 35.9 Å². The number of hydrogen-bond acceptors (Lipinski definition) is 1. The number of nitrogens with two attached hydrogens (primary N) is 1. The van der Waals surface area contributed by atoms with Gasteiger partial charge >= 0.3 is 0 Å². The van der Waals surface area contributed by atoms with Crippen molar-refractivity contribution in [2.75, 3.05) is 0 Å². The molecule has 1 nitrogen and oxygen atoms in total. The fourth-order valence-electron chi connectivity index (χ4n) is 2.48. The van der Waals surface area contributed by atoms with Crippen molar-refractivity contribution in [3.8, 4) is 12.3 Å². The highest BCUT2D eigenvalue weighted by Gasteiger charge is 2.48. The Morgan fingerprint density at radius 3 is 2.56 bits per heavy atom. The van der Waals surface area contributed by atoms with Crippen LogP contribution in [0.2, 0.25) is 0 Å². The van der Waals surface area contributed by atoms with E-state index in [1.807, 2.05) is 0 Å². The molecule has 1 aliphatic rings. The first-order chi connectivity index (χ1) is 7.79. The molecule has 1 aromatic rings. The Bertz CT molecular complexity index is 370. The smallest absolute Gasteiger partial charge is 0.0137 e. The van der Waals surface area contributed by atoms with Crippen molar-refractivity contribution in [3.63, 3.8) is 0 Å². The van der Waals surface area contributed by atoms with Crippen LogP contribution in [0.5, 0.6) is 0 Å². The molecule has 0 heterocycles. The summed E-state index contributed by atoms with van der Waals surface area (Å²) < 4.78 is 0. The maximum absolute atomic E-state index is 6.32. The van der Waals surface area contributed by atoms with E-state index in [0.717, 1.165) is 19.3 Å². The number of benzene rings is 1.